The Kier molecular flexibility index (Phi) is 7.47. The lowest BCUT2D eigenvalue weighted by Crippen LogP contribution is -2.37. The maximum atomic E-state index is 12.5. The van der Waals surface area contributed by atoms with Crippen molar-refractivity contribution < 1.29 is 9.53 Å². The maximum absolute atomic E-state index is 12.5. The molecule has 32 heavy (non-hydrogen) atoms. The number of ether oxygens (including phenoxy) is 1. The predicted octanol–water partition coefficient (Wildman–Crippen LogP) is 5.07. The van der Waals surface area contributed by atoms with Crippen molar-refractivity contribution in [1.82, 2.24) is 19.7 Å². The quantitative estimate of drug-likeness (QED) is 0.354. The van der Waals surface area contributed by atoms with Crippen molar-refractivity contribution >= 4 is 17.7 Å². The van der Waals surface area contributed by atoms with E-state index in [-0.39, 0.29) is 5.91 Å². The van der Waals surface area contributed by atoms with Crippen LogP contribution in [0.5, 0.6) is 5.75 Å². The van der Waals surface area contributed by atoms with E-state index < -0.39 is 0 Å². The average Bonchev–Trinajstić information content (AvgIpc) is 3.26. The van der Waals surface area contributed by atoms with E-state index in [2.05, 4.69) is 33.8 Å². The monoisotopic (exact) mass is 450 g/mol. The number of methoxy groups -OCH3 is 1. The van der Waals surface area contributed by atoms with Crippen molar-refractivity contribution in [3.63, 3.8) is 0 Å². The zero-order valence-corrected chi connectivity index (χ0v) is 19.6. The normalized spacial score (nSPS) is 14.5. The van der Waals surface area contributed by atoms with Crippen molar-refractivity contribution in [3.8, 4) is 22.8 Å². The van der Waals surface area contributed by atoms with Crippen LogP contribution in [0.4, 0.5) is 0 Å². The number of piperidine rings is 1. The Bertz CT molecular complexity index is 1030. The lowest BCUT2D eigenvalue weighted by Gasteiger charge is -2.30. The predicted molar refractivity (Wildman–Crippen MR) is 128 cm³/mol. The molecule has 1 amide bonds. The lowest BCUT2D eigenvalue weighted by atomic mass is 9.99. The Morgan fingerprint density at radius 3 is 2.62 bits per heavy atom. The second-order valence-electron chi connectivity index (χ2n) is 8.22. The van der Waals surface area contributed by atoms with Gasteiger partial charge in [0.05, 0.1) is 7.11 Å². The van der Waals surface area contributed by atoms with Crippen LogP contribution >= 0.6 is 11.8 Å². The first-order valence-electron chi connectivity index (χ1n) is 11.2. The molecule has 2 heterocycles. The number of carbonyl (C=O) groups excluding carboxylic acids is 1. The van der Waals surface area contributed by atoms with Gasteiger partial charge in [0.15, 0.2) is 11.0 Å². The van der Waals surface area contributed by atoms with Crippen LogP contribution in [0.25, 0.3) is 17.1 Å². The van der Waals surface area contributed by atoms with Gasteiger partial charge in [-0.05, 0) is 49.4 Å². The Balaban J connectivity index is 1.45. The second kappa shape index (κ2) is 10.7. The molecule has 4 rings (SSSR count). The van der Waals surface area contributed by atoms with Crippen LogP contribution in [0.15, 0.2) is 59.8 Å². The summed E-state index contributed by atoms with van der Waals surface area (Å²) in [4.78, 5) is 14.6. The van der Waals surface area contributed by atoms with E-state index in [1.54, 1.807) is 18.9 Å². The van der Waals surface area contributed by atoms with Crippen LogP contribution in [-0.4, -0.2) is 51.5 Å². The molecular weight excluding hydrogens is 420 g/mol. The van der Waals surface area contributed by atoms with Crippen LogP contribution in [0.1, 0.15) is 32.6 Å². The topological polar surface area (TPSA) is 60.3 Å². The van der Waals surface area contributed by atoms with Gasteiger partial charge in [0.1, 0.15) is 5.75 Å². The van der Waals surface area contributed by atoms with Gasteiger partial charge in [-0.15, -0.1) is 10.2 Å². The molecule has 0 radical (unpaired) electrons. The third-order valence-corrected chi connectivity index (χ3v) is 6.89. The van der Waals surface area contributed by atoms with E-state index in [1.165, 1.54) is 0 Å². The molecule has 0 bridgehead atoms. The molecule has 1 aliphatic heterocycles. The summed E-state index contributed by atoms with van der Waals surface area (Å²) in [5.74, 6) is 3.39. The standard InChI is InChI=1S/C25H30N4O2S/c1-19-13-15-28(16-14-19)23(30)12-7-17-32-25-27-26-24(20-8-6-11-22(18-20)31-2)29(25)21-9-4-3-5-10-21/h3-6,8-11,18-19H,7,12-17H2,1-2H3. The number of amides is 1. The zero-order chi connectivity index (χ0) is 22.3. The molecule has 0 unspecified atom stereocenters. The van der Waals surface area contributed by atoms with Crippen LogP contribution in [0.3, 0.4) is 0 Å². The third-order valence-electron chi connectivity index (χ3n) is 5.88. The Morgan fingerprint density at radius 1 is 1.09 bits per heavy atom. The van der Waals surface area contributed by atoms with E-state index in [0.29, 0.717) is 6.42 Å². The highest BCUT2D eigenvalue weighted by molar-refractivity contribution is 7.99. The van der Waals surface area contributed by atoms with Gasteiger partial charge in [0.25, 0.3) is 0 Å². The number of benzene rings is 2. The van der Waals surface area contributed by atoms with Crippen molar-refractivity contribution in [1.29, 1.82) is 0 Å². The van der Waals surface area contributed by atoms with E-state index >= 15 is 0 Å². The van der Waals surface area contributed by atoms with E-state index in [1.807, 2.05) is 47.4 Å². The number of hydrogen-bond acceptors (Lipinski definition) is 5. The van der Waals surface area contributed by atoms with Gasteiger partial charge < -0.3 is 9.64 Å². The molecule has 1 aliphatic rings. The van der Waals surface area contributed by atoms with Gasteiger partial charge in [0.2, 0.25) is 5.91 Å². The second-order valence-corrected chi connectivity index (χ2v) is 9.29. The molecule has 168 valence electrons. The van der Waals surface area contributed by atoms with E-state index in [0.717, 1.165) is 72.0 Å². The summed E-state index contributed by atoms with van der Waals surface area (Å²) in [5, 5.41) is 9.80. The highest BCUT2D eigenvalue weighted by Crippen LogP contribution is 2.30. The van der Waals surface area contributed by atoms with Gasteiger partial charge in [-0.1, -0.05) is 49.0 Å². The molecule has 2 aromatic carbocycles. The Hall–Kier alpha value is -2.80. The van der Waals surface area contributed by atoms with Gasteiger partial charge >= 0.3 is 0 Å². The first-order chi connectivity index (χ1) is 15.7. The van der Waals surface area contributed by atoms with E-state index in [9.17, 15) is 4.79 Å². The van der Waals surface area contributed by atoms with Crippen LogP contribution in [-0.2, 0) is 4.79 Å². The fourth-order valence-corrected chi connectivity index (χ4v) is 4.82. The number of para-hydroxylation sites is 1. The van der Waals surface area contributed by atoms with Gasteiger partial charge in [0, 0.05) is 36.5 Å². The molecule has 0 aliphatic carbocycles. The number of carbonyl (C=O) groups is 1. The third kappa shape index (κ3) is 5.33. The van der Waals surface area contributed by atoms with Gasteiger partial charge in [-0.25, -0.2) is 0 Å². The minimum absolute atomic E-state index is 0.277. The number of aromatic nitrogens is 3. The van der Waals surface area contributed by atoms with Crippen molar-refractivity contribution in [2.24, 2.45) is 5.92 Å². The van der Waals surface area contributed by atoms with Crippen molar-refractivity contribution in [2.45, 2.75) is 37.8 Å². The number of rotatable bonds is 8. The molecule has 1 aromatic heterocycles. The lowest BCUT2D eigenvalue weighted by molar-refractivity contribution is -0.132. The summed E-state index contributed by atoms with van der Waals surface area (Å²) >= 11 is 1.64. The number of nitrogens with zero attached hydrogens (tertiary/aromatic N) is 4. The molecule has 0 saturated carbocycles. The summed E-state index contributed by atoms with van der Waals surface area (Å²) in [6, 6.07) is 18.0. The Labute approximate surface area is 194 Å². The number of thioether (sulfide) groups is 1. The minimum atomic E-state index is 0.277. The summed E-state index contributed by atoms with van der Waals surface area (Å²) in [7, 11) is 1.66. The number of likely N-dealkylation sites (tertiary alicyclic amines) is 1. The zero-order valence-electron chi connectivity index (χ0n) is 18.7. The first-order valence-corrected chi connectivity index (χ1v) is 12.2. The molecule has 3 aromatic rings. The molecule has 0 atom stereocenters. The molecule has 0 N–H and O–H groups in total. The smallest absolute Gasteiger partial charge is 0.222 e. The van der Waals surface area contributed by atoms with Crippen molar-refractivity contribution in [3.05, 3.63) is 54.6 Å². The summed E-state index contributed by atoms with van der Waals surface area (Å²) in [6.07, 6.45) is 3.65. The maximum Gasteiger partial charge on any atom is 0.222 e. The number of hydrogen-bond donors (Lipinski definition) is 0. The largest absolute Gasteiger partial charge is 0.497 e. The molecule has 1 fully saturated rings. The van der Waals surface area contributed by atoms with Crippen LogP contribution in [0.2, 0.25) is 0 Å². The first kappa shape index (κ1) is 22.4. The van der Waals surface area contributed by atoms with E-state index in [4.69, 9.17) is 4.74 Å². The molecule has 7 heteroatoms. The van der Waals surface area contributed by atoms with Gasteiger partial charge in [-0.2, -0.15) is 0 Å². The van der Waals surface area contributed by atoms with Gasteiger partial charge in [-0.3, -0.25) is 9.36 Å². The summed E-state index contributed by atoms with van der Waals surface area (Å²) < 4.78 is 7.46. The average molecular weight is 451 g/mol. The SMILES string of the molecule is COc1cccc(-c2nnc(SCCCC(=O)N3CCC(C)CC3)n2-c2ccccc2)c1. The highest BCUT2D eigenvalue weighted by atomic mass is 32.2. The van der Waals surface area contributed by atoms with Crippen molar-refractivity contribution in [2.75, 3.05) is 26.0 Å². The highest BCUT2D eigenvalue weighted by Gasteiger charge is 2.20. The summed E-state index contributed by atoms with van der Waals surface area (Å²) in [5.41, 5.74) is 1.96. The fourth-order valence-electron chi connectivity index (χ4n) is 3.93. The van der Waals surface area contributed by atoms with Crippen LogP contribution in [0, 0.1) is 5.92 Å². The minimum Gasteiger partial charge on any atom is -0.497 e. The molecule has 0 spiro atoms. The Morgan fingerprint density at radius 2 is 1.88 bits per heavy atom. The molecular formula is C25H30N4O2S. The molecule has 1 saturated heterocycles. The van der Waals surface area contributed by atoms with Crippen LogP contribution < -0.4 is 4.74 Å². The summed E-state index contributed by atoms with van der Waals surface area (Å²) in [6.45, 7) is 4.07. The fraction of sp³-hybridized carbons (Fsp3) is 0.400. The molecule has 6 nitrogen and oxygen atoms in total.